The number of hydrazone groups is 1. The Hall–Kier alpha value is -1.38. The lowest BCUT2D eigenvalue weighted by molar-refractivity contribution is 0.304. The van der Waals surface area contributed by atoms with E-state index >= 15 is 0 Å². The zero-order valence-corrected chi connectivity index (χ0v) is 16.8. The van der Waals surface area contributed by atoms with Crippen molar-refractivity contribution in [3.8, 4) is 5.75 Å². The molecule has 2 rings (SSSR count). The number of benzene rings is 2. The predicted molar refractivity (Wildman–Crippen MR) is 112 cm³/mol. The van der Waals surface area contributed by atoms with Crippen LogP contribution in [0.5, 0.6) is 5.75 Å². The second kappa shape index (κ2) is 9.80. The van der Waals surface area contributed by atoms with Gasteiger partial charge in [-0.15, -0.1) is 0 Å². The van der Waals surface area contributed by atoms with E-state index in [9.17, 15) is 0 Å². The Bertz CT molecular complexity index is 740. The third-order valence-electron chi connectivity index (χ3n) is 3.01. The smallest absolute Gasteiger partial charge is 0.186 e. The molecule has 0 aromatic heterocycles. The first-order chi connectivity index (χ1) is 11.6. The fourth-order valence-corrected chi connectivity index (χ4v) is 2.93. The highest BCUT2D eigenvalue weighted by atomic mass is 127. The van der Waals surface area contributed by atoms with Gasteiger partial charge in [-0.3, -0.25) is 5.43 Å². The standard InChI is InChI=1S/C17H17ClIN3OS/c1-2-20-17(24)22-21-10-12-7-8-16(15(19)9-12)23-11-13-5-3-4-6-14(13)18/h3-10H,2,11H2,1H3,(H2,20,22,24)/b21-10-. The van der Waals surface area contributed by atoms with Crippen molar-refractivity contribution in [2.45, 2.75) is 13.5 Å². The van der Waals surface area contributed by atoms with Crippen molar-refractivity contribution in [3.05, 3.63) is 62.2 Å². The molecule has 0 fully saturated rings. The van der Waals surface area contributed by atoms with Crippen LogP contribution in [0.25, 0.3) is 0 Å². The van der Waals surface area contributed by atoms with Gasteiger partial charge in [-0.2, -0.15) is 5.10 Å². The van der Waals surface area contributed by atoms with Gasteiger partial charge in [-0.05, 0) is 71.6 Å². The Morgan fingerprint density at radius 3 is 2.83 bits per heavy atom. The van der Waals surface area contributed by atoms with Gasteiger partial charge < -0.3 is 10.1 Å². The summed E-state index contributed by atoms with van der Waals surface area (Å²) in [6, 6.07) is 13.5. The molecule has 0 aliphatic carbocycles. The molecule has 4 nitrogen and oxygen atoms in total. The third kappa shape index (κ3) is 5.92. The van der Waals surface area contributed by atoms with Gasteiger partial charge in [-0.1, -0.05) is 29.8 Å². The van der Waals surface area contributed by atoms with Crippen LogP contribution in [-0.4, -0.2) is 17.9 Å². The Balaban J connectivity index is 1.95. The second-order valence-corrected chi connectivity index (χ2v) is 6.78. The third-order valence-corrected chi connectivity index (χ3v) is 4.46. The topological polar surface area (TPSA) is 45.7 Å². The molecule has 0 aliphatic rings. The summed E-state index contributed by atoms with van der Waals surface area (Å²) in [4.78, 5) is 0. The summed E-state index contributed by atoms with van der Waals surface area (Å²) in [5, 5.41) is 8.27. The van der Waals surface area contributed by atoms with Crippen molar-refractivity contribution in [1.82, 2.24) is 10.7 Å². The van der Waals surface area contributed by atoms with Crippen LogP contribution in [0.2, 0.25) is 5.02 Å². The molecule has 0 bridgehead atoms. The van der Waals surface area contributed by atoms with E-state index in [1.165, 1.54) is 0 Å². The van der Waals surface area contributed by atoms with E-state index in [1.54, 1.807) is 6.21 Å². The SMILES string of the molecule is CCNC(=S)N/N=C\c1ccc(OCc2ccccc2Cl)c(I)c1. The number of thiocarbonyl (C=S) groups is 1. The van der Waals surface area contributed by atoms with Crippen molar-refractivity contribution in [1.29, 1.82) is 0 Å². The number of ether oxygens (including phenoxy) is 1. The molecule has 0 spiro atoms. The molecule has 0 heterocycles. The van der Waals surface area contributed by atoms with Gasteiger partial charge in [0.05, 0.1) is 9.78 Å². The Morgan fingerprint density at radius 1 is 1.33 bits per heavy atom. The van der Waals surface area contributed by atoms with Crippen LogP contribution in [0.3, 0.4) is 0 Å². The minimum absolute atomic E-state index is 0.432. The van der Waals surface area contributed by atoms with Gasteiger partial charge in [-0.25, -0.2) is 0 Å². The van der Waals surface area contributed by atoms with Crippen molar-refractivity contribution in [2.24, 2.45) is 5.10 Å². The maximum Gasteiger partial charge on any atom is 0.186 e. The van der Waals surface area contributed by atoms with E-state index in [0.717, 1.165) is 27.0 Å². The maximum atomic E-state index is 6.14. The summed E-state index contributed by atoms with van der Waals surface area (Å²) in [6.45, 7) is 3.17. The zero-order valence-electron chi connectivity index (χ0n) is 13.1. The van der Waals surface area contributed by atoms with E-state index in [1.807, 2.05) is 49.4 Å². The lowest BCUT2D eigenvalue weighted by Gasteiger charge is -2.10. The molecule has 0 aliphatic heterocycles. The van der Waals surface area contributed by atoms with Crippen LogP contribution in [0.15, 0.2) is 47.6 Å². The van der Waals surface area contributed by atoms with Crippen molar-refractivity contribution >= 4 is 57.7 Å². The van der Waals surface area contributed by atoms with Crippen molar-refractivity contribution in [3.63, 3.8) is 0 Å². The summed E-state index contributed by atoms with van der Waals surface area (Å²) < 4.78 is 6.85. The van der Waals surface area contributed by atoms with Crippen LogP contribution in [0.1, 0.15) is 18.1 Å². The largest absolute Gasteiger partial charge is 0.488 e. The molecular weight excluding hydrogens is 457 g/mol. The fraction of sp³-hybridized carbons (Fsp3) is 0.176. The Kier molecular flexibility index (Phi) is 7.74. The highest BCUT2D eigenvalue weighted by Gasteiger charge is 2.04. The molecule has 0 saturated heterocycles. The van der Waals surface area contributed by atoms with E-state index in [2.05, 4.69) is 38.4 Å². The normalized spacial score (nSPS) is 10.6. The molecule has 0 unspecified atom stereocenters. The molecule has 2 aromatic rings. The van der Waals surface area contributed by atoms with E-state index in [-0.39, 0.29) is 0 Å². The van der Waals surface area contributed by atoms with Crippen LogP contribution in [-0.2, 0) is 6.61 Å². The maximum absolute atomic E-state index is 6.14. The quantitative estimate of drug-likeness (QED) is 0.284. The summed E-state index contributed by atoms with van der Waals surface area (Å²) in [5.41, 5.74) is 4.68. The fourth-order valence-electron chi connectivity index (χ4n) is 1.85. The van der Waals surface area contributed by atoms with Crippen molar-refractivity contribution < 1.29 is 4.74 Å². The van der Waals surface area contributed by atoms with Gasteiger partial charge in [0.2, 0.25) is 0 Å². The van der Waals surface area contributed by atoms with Gasteiger partial charge in [0.25, 0.3) is 0 Å². The first-order valence-electron chi connectivity index (χ1n) is 7.32. The van der Waals surface area contributed by atoms with Crippen molar-refractivity contribution in [2.75, 3.05) is 6.54 Å². The molecular formula is C17H17ClIN3OS. The van der Waals surface area contributed by atoms with Crippen LogP contribution < -0.4 is 15.5 Å². The van der Waals surface area contributed by atoms with Gasteiger partial charge in [0.15, 0.2) is 5.11 Å². The first-order valence-corrected chi connectivity index (χ1v) is 9.19. The number of hydrogen-bond acceptors (Lipinski definition) is 3. The second-order valence-electron chi connectivity index (χ2n) is 4.80. The minimum Gasteiger partial charge on any atom is -0.488 e. The number of hydrogen-bond donors (Lipinski definition) is 2. The number of rotatable bonds is 6. The number of nitrogens with one attached hydrogen (secondary N) is 2. The monoisotopic (exact) mass is 473 g/mol. The van der Waals surface area contributed by atoms with Crippen LogP contribution in [0.4, 0.5) is 0 Å². The number of nitrogens with zero attached hydrogens (tertiary/aromatic N) is 1. The van der Waals surface area contributed by atoms with E-state index in [0.29, 0.717) is 16.7 Å². The summed E-state index contributed by atoms with van der Waals surface area (Å²) in [5.74, 6) is 0.809. The molecule has 0 amide bonds. The highest BCUT2D eigenvalue weighted by molar-refractivity contribution is 14.1. The molecule has 2 aromatic carbocycles. The molecule has 126 valence electrons. The van der Waals surface area contributed by atoms with Crippen LogP contribution in [0, 0.1) is 3.57 Å². The molecule has 0 atom stereocenters. The predicted octanol–water partition coefficient (Wildman–Crippen LogP) is 4.34. The van der Waals surface area contributed by atoms with Gasteiger partial charge in [0, 0.05) is 17.1 Å². The average molecular weight is 474 g/mol. The first kappa shape index (κ1) is 19.0. The molecule has 7 heteroatoms. The summed E-state index contributed by atoms with van der Waals surface area (Å²) in [7, 11) is 0. The highest BCUT2D eigenvalue weighted by Crippen LogP contribution is 2.24. The minimum atomic E-state index is 0.432. The molecule has 0 radical (unpaired) electrons. The molecule has 2 N–H and O–H groups in total. The Morgan fingerprint density at radius 2 is 2.12 bits per heavy atom. The van der Waals surface area contributed by atoms with Gasteiger partial charge in [0.1, 0.15) is 12.4 Å². The van der Waals surface area contributed by atoms with E-state index < -0.39 is 0 Å². The summed E-state index contributed by atoms with van der Waals surface area (Å²) >= 11 is 13.4. The average Bonchev–Trinajstić information content (AvgIpc) is 2.56. The van der Waals surface area contributed by atoms with E-state index in [4.69, 9.17) is 28.6 Å². The molecule has 0 saturated carbocycles. The van der Waals surface area contributed by atoms with Gasteiger partial charge >= 0.3 is 0 Å². The Labute approximate surface area is 165 Å². The lowest BCUT2D eigenvalue weighted by atomic mass is 10.2. The zero-order chi connectivity index (χ0) is 17.4. The molecule has 24 heavy (non-hydrogen) atoms. The number of halogens is 2. The summed E-state index contributed by atoms with van der Waals surface area (Å²) in [6.07, 6.45) is 1.71. The van der Waals surface area contributed by atoms with Crippen LogP contribution >= 0.6 is 46.4 Å². The lowest BCUT2D eigenvalue weighted by Crippen LogP contribution is -2.31.